The average Bonchev–Trinajstić information content (AvgIpc) is 2.49. The molecule has 0 bridgehead atoms. The van der Waals surface area contributed by atoms with Crippen LogP contribution in [-0.2, 0) is 24.1 Å². The fraction of sp³-hybridized carbons (Fsp3) is 0.455. The largest absolute Gasteiger partial charge is 0.300 e. The molecule has 2 rings (SSSR count). The van der Waals surface area contributed by atoms with Crippen LogP contribution in [0.15, 0.2) is 12.3 Å². The van der Waals surface area contributed by atoms with Crippen molar-refractivity contribution in [2.75, 3.05) is 0 Å². The second-order valence-corrected chi connectivity index (χ2v) is 3.68. The van der Waals surface area contributed by atoms with Crippen LogP contribution in [0.5, 0.6) is 0 Å². The molecule has 2 nitrogen and oxygen atoms in total. The van der Waals surface area contributed by atoms with E-state index in [1.54, 1.807) is 6.92 Å². The van der Waals surface area contributed by atoms with Crippen molar-refractivity contribution in [3.05, 3.63) is 29.1 Å². The smallest absolute Gasteiger partial charge is 0.134 e. The summed E-state index contributed by atoms with van der Waals surface area (Å²) in [6, 6.07) is 2.14. The number of ketones is 1. The molecule has 0 fully saturated rings. The third-order valence-corrected chi connectivity index (χ3v) is 2.43. The lowest BCUT2D eigenvalue weighted by molar-refractivity contribution is -0.116. The minimum absolute atomic E-state index is 0.208. The molecule has 0 aromatic carbocycles. The predicted molar refractivity (Wildman–Crippen MR) is 50.6 cm³/mol. The number of fused-ring (bicyclic) bond motifs is 1. The molecule has 1 aliphatic carbocycles. The molecule has 0 atom stereocenters. The maximum Gasteiger partial charge on any atom is 0.134 e. The molecule has 1 aromatic rings. The molecule has 0 spiro atoms. The van der Waals surface area contributed by atoms with Gasteiger partial charge in [-0.3, -0.25) is 9.78 Å². The predicted octanol–water partition coefficient (Wildman–Crippen LogP) is 1.70. The summed E-state index contributed by atoms with van der Waals surface area (Å²) in [5.74, 6) is 0.208. The third kappa shape index (κ3) is 1.77. The zero-order valence-electron chi connectivity index (χ0n) is 7.84. The molecule has 0 unspecified atom stereocenters. The van der Waals surface area contributed by atoms with Gasteiger partial charge in [0.05, 0.1) is 0 Å². The molecule has 0 radical (unpaired) electrons. The lowest BCUT2D eigenvalue weighted by Gasteiger charge is -2.01. The zero-order chi connectivity index (χ0) is 9.26. The summed E-state index contributed by atoms with van der Waals surface area (Å²) >= 11 is 0. The summed E-state index contributed by atoms with van der Waals surface area (Å²) in [4.78, 5) is 15.2. The van der Waals surface area contributed by atoms with Crippen LogP contribution in [0.1, 0.15) is 30.2 Å². The van der Waals surface area contributed by atoms with Crippen molar-refractivity contribution >= 4 is 5.78 Å². The lowest BCUT2D eigenvalue weighted by Crippen LogP contribution is -1.99. The number of pyridine rings is 1. The number of carbonyl (C=O) groups is 1. The topological polar surface area (TPSA) is 30.0 Å². The van der Waals surface area contributed by atoms with Gasteiger partial charge in [0.25, 0.3) is 0 Å². The monoisotopic (exact) mass is 175 g/mol. The van der Waals surface area contributed by atoms with E-state index in [-0.39, 0.29) is 5.78 Å². The molecule has 1 aromatic heterocycles. The molecule has 2 heteroatoms. The molecule has 13 heavy (non-hydrogen) atoms. The van der Waals surface area contributed by atoms with Crippen LogP contribution in [0, 0.1) is 0 Å². The van der Waals surface area contributed by atoms with Crippen molar-refractivity contribution in [1.82, 2.24) is 4.98 Å². The van der Waals surface area contributed by atoms with E-state index in [9.17, 15) is 4.79 Å². The number of hydrogen-bond donors (Lipinski definition) is 0. The summed E-state index contributed by atoms with van der Waals surface area (Å²) in [5, 5.41) is 0. The SMILES string of the molecule is CC(=O)Cc1cnc2c(c1)CCC2. The van der Waals surface area contributed by atoms with Gasteiger partial charge in [-0.05, 0) is 37.3 Å². The van der Waals surface area contributed by atoms with Crippen molar-refractivity contribution in [1.29, 1.82) is 0 Å². The van der Waals surface area contributed by atoms with Gasteiger partial charge >= 0.3 is 0 Å². The van der Waals surface area contributed by atoms with Gasteiger partial charge in [0.15, 0.2) is 0 Å². The first-order valence-corrected chi connectivity index (χ1v) is 4.72. The van der Waals surface area contributed by atoms with Gasteiger partial charge in [0.1, 0.15) is 5.78 Å². The van der Waals surface area contributed by atoms with Crippen molar-refractivity contribution < 1.29 is 4.79 Å². The van der Waals surface area contributed by atoms with Gasteiger partial charge < -0.3 is 0 Å². The second kappa shape index (κ2) is 3.29. The Kier molecular flexibility index (Phi) is 2.13. The number of aromatic nitrogens is 1. The van der Waals surface area contributed by atoms with E-state index in [0.29, 0.717) is 6.42 Å². The summed E-state index contributed by atoms with van der Waals surface area (Å²) in [5.41, 5.74) is 3.64. The van der Waals surface area contributed by atoms with Crippen LogP contribution >= 0.6 is 0 Å². The van der Waals surface area contributed by atoms with E-state index in [4.69, 9.17) is 0 Å². The number of carbonyl (C=O) groups excluding carboxylic acids is 1. The highest BCUT2D eigenvalue weighted by Gasteiger charge is 2.12. The van der Waals surface area contributed by atoms with E-state index in [2.05, 4.69) is 11.1 Å². The van der Waals surface area contributed by atoms with Gasteiger partial charge in [0, 0.05) is 18.3 Å². The van der Waals surface area contributed by atoms with Gasteiger partial charge in [-0.2, -0.15) is 0 Å². The van der Waals surface area contributed by atoms with E-state index in [0.717, 1.165) is 18.4 Å². The van der Waals surface area contributed by atoms with Crippen molar-refractivity contribution in [3.8, 4) is 0 Å². The van der Waals surface area contributed by atoms with Crippen LogP contribution < -0.4 is 0 Å². The van der Waals surface area contributed by atoms with Gasteiger partial charge in [-0.1, -0.05) is 6.07 Å². The lowest BCUT2D eigenvalue weighted by atomic mass is 10.1. The van der Waals surface area contributed by atoms with Crippen LogP contribution in [0.3, 0.4) is 0 Å². The minimum atomic E-state index is 0.208. The molecular formula is C11H13NO. The van der Waals surface area contributed by atoms with Crippen molar-refractivity contribution in [3.63, 3.8) is 0 Å². The van der Waals surface area contributed by atoms with Crippen LogP contribution in [-0.4, -0.2) is 10.8 Å². The maximum absolute atomic E-state index is 10.9. The Morgan fingerprint density at radius 2 is 2.38 bits per heavy atom. The van der Waals surface area contributed by atoms with Crippen LogP contribution in [0.2, 0.25) is 0 Å². The quantitative estimate of drug-likeness (QED) is 0.684. The first kappa shape index (κ1) is 8.42. The summed E-state index contributed by atoms with van der Waals surface area (Å²) < 4.78 is 0. The fourth-order valence-corrected chi connectivity index (χ4v) is 1.86. The van der Waals surface area contributed by atoms with Crippen molar-refractivity contribution in [2.24, 2.45) is 0 Å². The van der Waals surface area contributed by atoms with Crippen LogP contribution in [0.25, 0.3) is 0 Å². The fourth-order valence-electron chi connectivity index (χ4n) is 1.86. The first-order valence-electron chi connectivity index (χ1n) is 4.72. The summed E-state index contributed by atoms with van der Waals surface area (Å²) in [7, 11) is 0. The highest BCUT2D eigenvalue weighted by Crippen LogP contribution is 2.20. The molecule has 68 valence electrons. The maximum atomic E-state index is 10.9. The number of aryl methyl sites for hydroxylation is 2. The Morgan fingerprint density at radius 1 is 1.54 bits per heavy atom. The Labute approximate surface area is 78.0 Å². The standard InChI is InChI=1S/C11H13NO/c1-8(13)5-9-6-10-3-2-4-11(10)12-7-9/h6-7H,2-5H2,1H3. The van der Waals surface area contributed by atoms with E-state index in [1.807, 2.05) is 6.20 Å². The molecule has 1 aliphatic rings. The molecule has 0 saturated carbocycles. The normalized spacial score (nSPS) is 14.2. The summed E-state index contributed by atoms with van der Waals surface area (Å²) in [6.45, 7) is 1.62. The second-order valence-electron chi connectivity index (χ2n) is 3.68. The van der Waals surface area contributed by atoms with E-state index < -0.39 is 0 Å². The molecule has 0 aliphatic heterocycles. The molecular weight excluding hydrogens is 162 g/mol. The average molecular weight is 175 g/mol. The highest BCUT2D eigenvalue weighted by atomic mass is 16.1. The van der Waals surface area contributed by atoms with Gasteiger partial charge in [-0.15, -0.1) is 0 Å². The first-order chi connectivity index (χ1) is 6.25. The Balaban J connectivity index is 2.25. The van der Waals surface area contributed by atoms with E-state index in [1.165, 1.54) is 17.7 Å². The van der Waals surface area contributed by atoms with Crippen molar-refractivity contribution in [2.45, 2.75) is 32.6 Å². The number of rotatable bonds is 2. The van der Waals surface area contributed by atoms with E-state index >= 15 is 0 Å². The zero-order valence-corrected chi connectivity index (χ0v) is 7.84. The highest BCUT2D eigenvalue weighted by molar-refractivity contribution is 5.78. The number of Topliss-reactive ketones (excluding diaryl/α,β-unsaturated/α-hetero) is 1. The summed E-state index contributed by atoms with van der Waals surface area (Å²) in [6.07, 6.45) is 5.82. The number of hydrogen-bond acceptors (Lipinski definition) is 2. The number of nitrogens with zero attached hydrogens (tertiary/aromatic N) is 1. The van der Waals surface area contributed by atoms with Gasteiger partial charge in [0.2, 0.25) is 0 Å². The Hall–Kier alpha value is -1.18. The van der Waals surface area contributed by atoms with Gasteiger partial charge in [-0.25, -0.2) is 0 Å². The Bertz CT molecular complexity index is 344. The molecule has 1 heterocycles. The Morgan fingerprint density at radius 3 is 3.15 bits per heavy atom. The molecule has 0 amide bonds. The molecule has 0 N–H and O–H groups in total. The van der Waals surface area contributed by atoms with Crippen LogP contribution in [0.4, 0.5) is 0 Å². The molecule has 0 saturated heterocycles. The third-order valence-electron chi connectivity index (χ3n) is 2.43. The minimum Gasteiger partial charge on any atom is -0.300 e.